The van der Waals surface area contributed by atoms with Gasteiger partial charge in [-0.1, -0.05) is 30.3 Å². The van der Waals surface area contributed by atoms with Gasteiger partial charge in [0.05, 0.1) is 11.7 Å². The van der Waals surface area contributed by atoms with Crippen LogP contribution in [0.15, 0.2) is 59.7 Å². The van der Waals surface area contributed by atoms with Crippen molar-refractivity contribution >= 4 is 5.95 Å². The Morgan fingerprint density at radius 2 is 1.97 bits per heavy atom. The summed E-state index contributed by atoms with van der Waals surface area (Å²) in [6.07, 6.45) is 7.87. The topological polar surface area (TPSA) is 73.9 Å². The van der Waals surface area contributed by atoms with E-state index >= 15 is 0 Å². The SMILES string of the molecule is O=c1cc(C2CCN(Cc3cccnc3)CC2)nc(N[C@H]2CCc3ccccc32)[nH]1. The van der Waals surface area contributed by atoms with E-state index in [1.807, 2.05) is 18.5 Å². The zero-order chi connectivity index (χ0) is 20.3. The first kappa shape index (κ1) is 19.0. The minimum atomic E-state index is -0.0772. The lowest BCUT2D eigenvalue weighted by Gasteiger charge is -2.31. The third kappa shape index (κ3) is 4.14. The fourth-order valence-electron chi connectivity index (χ4n) is 4.76. The number of likely N-dealkylation sites (tertiary alicyclic amines) is 1. The molecule has 30 heavy (non-hydrogen) atoms. The number of benzene rings is 1. The molecular formula is C24H27N5O. The molecule has 1 fully saturated rings. The van der Waals surface area contributed by atoms with Crippen LogP contribution in [0.1, 0.15) is 53.6 Å². The molecule has 2 aromatic heterocycles. The smallest absolute Gasteiger partial charge is 0.252 e. The summed E-state index contributed by atoms with van der Waals surface area (Å²) >= 11 is 0. The lowest BCUT2D eigenvalue weighted by molar-refractivity contribution is 0.203. The van der Waals surface area contributed by atoms with Gasteiger partial charge in [0, 0.05) is 30.9 Å². The van der Waals surface area contributed by atoms with Crippen molar-refractivity contribution < 1.29 is 0 Å². The predicted octanol–water partition coefficient (Wildman–Crippen LogP) is 3.64. The van der Waals surface area contributed by atoms with E-state index in [1.165, 1.54) is 16.7 Å². The van der Waals surface area contributed by atoms with Crippen molar-refractivity contribution in [3.8, 4) is 0 Å². The number of fused-ring (bicyclic) bond motifs is 1. The number of hydrogen-bond acceptors (Lipinski definition) is 5. The maximum Gasteiger partial charge on any atom is 0.252 e. The fraction of sp³-hybridized carbons (Fsp3) is 0.375. The van der Waals surface area contributed by atoms with Gasteiger partial charge < -0.3 is 5.32 Å². The van der Waals surface area contributed by atoms with Crippen molar-refractivity contribution in [1.29, 1.82) is 0 Å². The Morgan fingerprint density at radius 3 is 2.80 bits per heavy atom. The Labute approximate surface area is 176 Å². The molecule has 1 aromatic carbocycles. The third-order valence-electron chi connectivity index (χ3n) is 6.34. The molecule has 1 atom stereocenters. The van der Waals surface area contributed by atoms with Crippen molar-refractivity contribution in [3.63, 3.8) is 0 Å². The minimum absolute atomic E-state index is 0.0772. The number of piperidine rings is 1. The molecule has 2 N–H and O–H groups in total. The molecule has 1 saturated heterocycles. The quantitative estimate of drug-likeness (QED) is 0.683. The zero-order valence-electron chi connectivity index (χ0n) is 17.1. The summed E-state index contributed by atoms with van der Waals surface area (Å²) in [4.78, 5) is 26.7. The maximum absolute atomic E-state index is 12.3. The van der Waals surface area contributed by atoms with Crippen LogP contribution in [0.4, 0.5) is 5.95 Å². The molecule has 2 aliphatic rings. The summed E-state index contributed by atoms with van der Waals surface area (Å²) in [5.41, 5.74) is 4.78. The molecule has 6 nitrogen and oxygen atoms in total. The molecule has 0 unspecified atom stereocenters. The first-order valence-electron chi connectivity index (χ1n) is 10.8. The van der Waals surface area contributed by atoms with Gasteiger partial charge >= 0.3 is 0 Å². The molecule has 6 heteroatoms. The van der Waals surface area contributed by atoms with E-state index in [4.69, 9.17) is 4.98 Å². The van der Waals surface area contributed by atoms with Crippen LogP contribution in [0.2, 0.25) is 0 Å². The Hall–Kier alpha value is -2.99. The number of nitrogens with zero attached hydrogens (tertiary/aromatic N) is 3. The van der Waals surface area contributed by atoms with Crippen molar-refractivity contribution in [2.75, 3.05) is 18.4 Å². The average molecular weight is 402 g/mol. The highest BCUT2D eigenvalue weighted by Gasteiger charge is 2.25. The van der Waals surface area contributed by atoms with Crippen LogP contribution < -0.4 is 10.9 Å². The molecule has 3 aromatic rings. The molecular weight excluding hydrogens is 374 g/mol. The van der Waals surface area contributed by atoms with Crippen LogP contribution in [0.25, 0.3) is 0 Å². The molecule has 3 heterocycles. The number of anilines is 1. The second-order valence-corrected chi connectivity index (χ2v) is 8.36. The van der Waals surface area contributed by atoms with Gasteiger partial charge in [0.25, 0.3) is 5.56 Å². The zero-order valence-corrected chi connectivity index (χ0v) is 17.1. The van der Waals surface area contributed by atoms with Gasteiger partial charge in [-0.05, 0) is 61.5 Å². The minimum Gasteiger partial charge on any atom is -0.349 e. The van der Waals surface area contributed by atoms with E-state index in [0.717, 1.165) is 51.0 Å². The van der Waals surface area contributed by atoms with Gasteiger partial charge in [0.2, 0.25) is 5.95 Å². The summed E-state index contributed by atoms with van der Waals surface area (Å²) in [7, 11) is 0. The Bertz CT molecular complexity index is 1060. The summed E-state index contributed by atoms with van der Waals surface area (Å²) in [6.45, 7) is 2.94. The molecule has 0 saturated carbocycles. The Kier molecular flexibility index (Phi) is 5.32. The highest BCUT2D eigenvalue weighted by atomic mass is 16.1. The lowest BCUT2D eigenvalue weighted by Crippen LogP contribution is -2.33. The van der Waals surface area contributed by atoms with Crippen molar-refractivity contribution in [2.24, 2.45) is 0 Å². The van der Waals surface area contributed by atoms with E-state index in [2.05, 4.69) is 50.5 Å². The predicted molar refractivity (Wildman–Crippen MR) is 117 cm³/mol. The number of nitrogens with one attached hydrogen (secondary N) is 2. The molecule has 1 aliphatic heterocycles. The standard InChI is InChI=1S/C24H27N5O/c30-23-14-22(19-9-12-29(13-10-19)16-17-4-3-11-25-15-17)27-24(28-23)26-21-8-7-18-5-1-2-6-20(18)21/h1-6,11,14-15,19,21H,7-10,12-13,16H2,(H2,26,27,28,30)/t21-/m0/s1. The van der Waals surface area contributed by atoms with Crippen LogP contribution in [0.3, 0.4) is 0 Å². The number of aromatic amines is 1. The average Bonchev–Trinajstić information content (AvgIpc) is 3.17. The monoisotopic (exact) mass is 401 g/mol. The number of aryl methyl sites for hydroxylation is 1. The lowest BCUT2D eigenvalue weighted by atomic mass is 9.93. The van der Waals surface area contributed by atoms with Crippen LogP contribution in [-0.4, -0.2) is 32.9 Å². The first-order valence-corrected chi connectivity index (χ1v) is 10.8. The van der Waals surface area contributed by atoms with Gasteiger partial charge in [-0.15, -0.1) is 0 Å². The summed E-state index contributed by atoms with van der Waals surface area (Å²) in [5, 5.41) is 3.47. The second-order valence-electron chi connectivity index (χ2n) is 8.36. The molecule has 1 aliphatic carbocycles. The van der Waals surface area contributed by atoms with Gasteiger partial charge in [-0.3, -0.25) is 19.7 Å². The van der Waals surface area contributed by atoms with Crippen LogP contribution in [0, 0.1) is 0 Å². The van der Waals surface area contributed by atoms with Crippen LogP contribution >= 0.6 is 0 Å². The van der Waals surface area contributed by atoms with E-state index in [1.54, 1.807) is 6.07 Å². The van der Waals surface area contributed by atoms with E-state index in [-0.39, 0.29) is 11.6 Å². The van der Waals surface area contributed by atoms with Crippen molar-refractivity contribution in [2.45, 2.75) is 44.2 Å². The molecule has 154 valence electrons. The van der Waals surface area contributed by atoms with Crippen LogP contribution in [0.5, 0.6) is 0 Å². The van der Waals surface area contributed by atoms with Gasteiger partial charge in [-0.25, -0.2) is 4.98 Å². The van der Waals surface area contributed by atoms with Crippen LogP contribution in [-0.2, 0) is 13.0 Å². The highest BCUT2D eigenvalue weighted by molar-refractivity contribution is 5.40. The molecule has 0 bridgehead atoms. The number of rotatable bonds is 5. The second kappa shape index (κ2) is 8.40. The molecule has 5 rings (SSSR count). The van der Waals surface area contributed by atoms with Crippen molar-refractivity contribution in [3.05, 3.63) is 87.6 Å². The normalized spacial score (nSPS) is 19.5. The van der Waals surface area contributed by atoms with Crippen molar-refractivity contribution in [1.82, 2.24) is 19.9 Å². The number of aromatic nitrogens is 3. The molecule has 0 spiro atoms. The third-order valence-corrected chi connectivity index (χ3v) is 6.34. The summed E-state index contributed by atoms with van der Waals surface area (Å²) in [5.74, 6) is 0.922. The fourth-order valence-corrected chi connectivity index (χ4v) is 4.76. The maximum atomic E-state index is 12.3. The largest absolute Gasteiger partial charge is 0.349 e. The molecule has 0 radical (unpaired) electrons. The van der Waals surface area contributed by atoms with E-state index < -0.39 is 0 Å². The van der Waals surface area contributed by atoms with Gasteiger partial charge in [0.15, 0.2) is 0 Å². The first-order chi connectivity index (χ1) is 14.7. The summed E-state index contributed by atoms with van der Waals surface area (Å²) < 4.78 is 0. The Morgan fingerprint density at radius 1 is 1.10 bits per heavy atom. The van der Waals surface area contributed by atoms with E-state index in [0.29, 0.717) is 11.9 Å². The Balaban J connectivity index is 1.25. The van der Waals surface area contributed by atoms with Gasteiger partial charge in [0.1, 0.15) is 0 Å². The number of hydrogen-bond donors (Lipinski definition) is 2. The number of pyridine rings is 1. The molecule has 0 amide bonds. The van der Waals surface area contributed by atoms with E-state index in [9.17, 15) is 4.79 Å². The highest BCUT2D eigenvalue weighted by Crippen LogP contribution is 2.33. The number of H-pyrrole nitrogens is 1. The summed E-state index contributed by atoms with van der Waals surface area (Å²) in [6, 6.07) is 14.5. The van der Waals surface area contributed by atoms with Gasteiger partial charge in [-0.2, -0.15) is 0 Å².